The lowest BCUT2D eigenvalue weighted by molar-refractivity contribution is 0.274. The zero-order valence-electron chi connectivity index (χ0n) is 9.90. The Morgan fingerprint density at radius 1 is 1.06 bits per heavy atom. The number of halogens is 1. The van der Waals surface area contributed by atoms with Crippen molar-refractivity contribution in [2.45, 2.75) is 12.5 Å². The van der Waals surface area contributed by atoms with E-state index in [0.29, 0.717) is 6.04 Å². The molecule has 1 aliphatic rings. The van der Waals surface area contributed by atoms with Crippen molar-refractivity contribution in [2.75, 3.05) is 11.9 Å². The Morgan fingerprint density at radius 3 is 2.67 bits per heavy atom. The molecular weight excluding hydrogens is 246 g/mol. The summed E-state index contributed by atoms with van der Waals surface area (Å²) in [7, 11) is 0. The first-order valence-corrected chi connectivity index (χ1v) is 6.44. The lowest BCUT2D eigenvalue weighted by Crippen LogP contribution is -2.20. The molecule has 1 heterocycles. The predicted molar refractivity (Wildman–Crippen MR) is 74.4 cm³/mol. The molecule has 0 saturated heterocycles. The minimum Gasteiger partial charge on any atom is -0.493 e. The molecular formula is C15H14ClNO. The van der Waals surface area contributed by atoms with Crippen molar-refractivity contribution in [2.24, 2.45) is 0 Å². The Kier molecular flexibility index (Phi) is 3.11. The second-order valence-electron chi connectivity index (χ2n) is 4.38. The number of fused-ring (bicyclic) bond motifs is 1. The molecule has 0 amide bonds. The Hall–Kier alpha value is -1.67. The summed E-state index contributed by atoms with van der Waals surface area (Å²) in [5.74, 6) is 0.982. The van der Waals surface area contributed by atoms with Crippen molar-refractivity contribution in [3.05, 3.63) is 59.1 Å². The van der Waals surface area contributed by atoms with Gasteiger partial charge in [-0.3, -0.25) is 0 Å². The third-order valence-electron chi connectivity index (χ3n) is 3.14. The molecule has 18 heavy (non-hydrogen) atoms. The Bertz CT molecular complexity index is 538. The van der Waals surface area contributed by atoms with Crippen LogP contribution in [0, 0.1) is 0 Å². The minimum atomic E-state index is 0.302. The average Bonchev–Trinajstić information content (AvgIpc) is 2.42. The summed E-state index contributed by atoms with van der Waals surface area (Å²) in [5.41, 5.74) is 2.31. The number of anilines is 1. The van der Waals surface area contributed by atoms with E-state index in [4.69, 9.17) is 16.3 Å². The van der Waals surface area contributed by atoms with Crippen LogP contribution >= 0.6 is 11.6 Å². The highest BCUT2D eigenvalue weighted by atomic mass is 35.5. The third kappa shape index (κ3) is 2.29. The van der Waals surface area contributed by atoms with Crippen molar-refractivity contribution < 1.29 is 4.74 Å². The molecule has 2 aromatic carbocycles. The lowest BCUT2D eigenvalue weighted by atomic mass is 10.0. The predicted octanol–water partition coefficient (Wildman–Crippen LogP) is 4.28. The van der Waals surface area contributed by atoms with Gasteiger partial charge in [0, 0.05) is 22.7 Å². The molecule has 1 N–H and O–H groups in total. The number of ether oxygens (including phenoxy) is 1. The van der Waals surface area contributed by atoms with Crippen LogP contribution in [0.15, 0.2) is 48.5 Å². The maximum absolute atomic E-state index is 5.89. The lowest BCUT2D eigenvalue weighted by Gasteiger charge is -2.27. The van der Waals surface area contributed by atoms with Gasteiger partial charge in [-0.15, -0.1) is 0 Å². The molecule has 3 heteroatoms. The van der Waals surface area contributed by atoms with E-state index in [0.717, 1.165) is 29.5 Å². The second-order valence-corrected chi connectivity index (χ2v) is 4.82. The van der Waals surface area contributed by atoms with E-state index in [2.05, 4.69) is 11.4 Å². The summed E-state index contributed by atoms with van der Waals surface area (Å²) in [6, 6.07) is 16.3. The number of rotatable bonds is 2. The van der Waals surface area contributed by atoms with Crippen LogP contribution in [0.4, 0.5) is 5.69 Å². The van der Waals surface area contributed by atoms with Gasteiger partial charge in [-0.05, 0) is 30.3 Å². The quantitative estimate of drug-likeness (QED) is 0.869. The monoisotopic (exact) mass is 259 g/mol. The van der Waals surface area contributed by atoms with Crippen molar-refractivity contribution in [1.82, 2.24) is 0 Å². The van der Waals surface area contributed by atoms with E-state index in [-0.39, 0.29) is 0 Å². The third-order valence-corrected chi connectivity index (χ3v) is 3.40. The van der Waals surface area contributed by atoms with Gasteiger partial charge in [-0.2, -0.15) is 0 Å². The fourth-order valence-corrected chi connectivity index (χ4v) is 2.37. The molecule has 3 rings (SSSR count). The molecule has 0 aromatic heterocycles. The van der Waals surface area contributed by atoms with Crippen LogP contribution in [-0.2, 0) is 0 Å². The second kappa shape index (κ2) is 4.91. The average molecular weight is 260 g/mol. The van der Waals surface area contributed by atoms with Gasteiger partial charge >= 0.3 is 0 Å². The number of hydrogen-bond acceptors (Lipinski definition) is 2. The topological polar surface area (TPSA) is 21.3 Å². The molecule has 1 aliphatic heterocycles. The SMILES string of the molecule is Clc1ccc(NC2CCOc3ccccc32)cc1. The molecule has 2 nitrogen and oxygen atoms in total. The fraction of sp³-hybridized carbons (Fsp3) is 0.200. The van der Waals surface area contributed by atoms with Gasteiger partial charge in [0.05, 0.1) is 12.6 Å². The zero-order valence-corrected chi connectivity index (χ0v) is 10.7. The van der Waals surface area contributed by atoms with Crippen LogP contribution in [0.1, 0.15) is 18.0 Å². The van der Waals surface area contributed by atoms with Gasteiger partial charge in [0.25, 0.3) is 0 Å². The van der Waals surface area contributed by atoms with Gasteiger partial charge in [-0.25, -0.2) is 0 Å². The maximum Gasteiger partial charge on any atom is 0.124 e. The van der Waals surface area contributed by atoms with E-state index in [1.165, 1.54) is 5.56 Å². The Labute approximate surface area is 112 Å². The van der Waals surface area contributed by atoms with Crippen molar-refractivity contribution in [3.8, 4) is 5.75 Å². The van der Waals surface area contributed by atoms with Crippen molar-refractivity contribution >= 4 is 17.3 Å². The molecule has 0 aliphatic carbocycles. The standard InChI is InChI=1S/C15H14ClNO/c16-11-5-7-12(8-6-11)17-14-9-10-18-15-4-2-1-3-13(14)15/h1-8,14,17H,9-10H2. The van der Waals surface area contributed by atoms with Crippen LogP contribution < -0.4 is 10.1 Å². The molecule has 0 fully saturated rings. The van der Waals surface area contributed by atoms with Crippen LogP contribution in [0.3, 0.4) is 0 Å². The largest absolute Gasteiger partial charge is 0.493 e. The van der Waals surface area contributed by atoms with Gasteiger partial charge < -0.3 is 10.1 Å². The molecule has 0 bridgehead atoms. The highest BCUT2D eigenvalue weighted by Gasteiger charge is 2.20. The van der Waals surface area contributed by atoms with Crippen LogP contribution in [0.2, 0.25) is 5.02 Å². The van der Waals surface area contributed by atoms with E-state index in [1.54, 1.807) is 0 Å². The zero-order chi connectivity index (χ0) is 12.4. The first-order valence-electron chi connectivity index (χ1n) is 6.07. The van der Waals surface area contributed by atoms with Gasteiger partial charge in [0.2, 0.25) is 0 Å². The van der Waals surface area contributed by atoms with Crippen LogP contribution in [-0.4, -0.2) is 6.61 Å². The number of hydrogen-bond donors (Lipinski definition) is 1. The Morgan fingerprint density at radius 2 is 1.83 bits per heavy atom. The molecule has 92 valence electrons. The number of para-hydroxylation sites is 1. The number of benzene rings is 2. The van der Waals surface area contributed by atoms with E-state index in [9.17, 15) is 0 Å². The Balaban J connectivity index is 1.84. The van der Waals surface area contributed by atoms with Crippen molar-refractivity contribution in [1.29, 1.82) is 0 Å². The fourth-order valence-electron chi connectivity index (χ4n) is 2.24. The van der Waals surface area contributed by atoms with Gasteiger partial charge in [0.15, 0.2) is 0 Å². The smallest absolute Gasteiger partial charge is 0.124 e. The number of nitrogens with one attached hydrogen (secondary N) is 1. The maximum atomic E-state index is 5.89. The molecule has 1 atom stereocenters. The highest BCUT2D eigenvalue weighted by molar-refractivity contribution is 6.30. The van der Waals surface area contributed by atoms with Gasteiger partial charge in [-0.1, -0.05) is 29.8 Å². The molecule has 1 unspecified atom stereocenters. The first kappa shape index (κ1) is 11.4. The summed E-state index contributed by atoms with van der Waals surface area (Å²) < 4.78 is 5.65. The molecule has 2 aromatic rings. The summed E-state index contributed by atoms with van der Waals surface area (Å²) in [5, 5.41) is 4.28. The summed E-state index contributed by atoms with van der Waals surface area (Å²) in [6.45, 7) is 0.752. The van der Waals surface area contributed by atoms with E-state index >= 15 is 0 Å². The molecule has 0 saturated carbocycles. The van der Waals surface area contributed by atoms with Crippen LogP contribution in [0.5, 0.6) is 5.75 Å². The highest BCUT2D eigenvalue weighted by Crippen LogP contribution is 2.34. The summed E-state index contributed by atoms with van der Waals surface area (Å²) in [6.07, 6.45) is 0.972. The minimum absolute atomic E-state index is 0.302. The first-order chi connectivity index (χ1) is 8.83. The van der Waals surface area contributed by atoms with E-state index in [1.807, 2.05) is 42.5 Å². The summed E-state index contributed by atoms with van der Waals surface area (Å²) >= 11 is 5.89. The molecule has 0 spiro atoms. The van der Waals surface area contributed by atoms with Crippen molar-refractivity contribution in [3.63, 3.8) is 0 Å². The molecule has 0 radical (unpaired) electrons. The van der Waals surface area contributed by atoms with Crippen LogP contribution in [0.25, 0.3) is 0 Å². The normalized spacial score (nSPS) is 17.7. The summed E-state index contributed by atoms with van der Waals surface area (Å²) in [4.78, 5) is 0. The van der Waals surface area contributed by atoms with E-state index < -0.39 is 0 Å². The van der Waals surface area contributed by atoms with Gasteiger partial charge in [0.1, 0.15) is 5.75 Å².